The van der Waals surface area contributed by atoms with Crippen molar-refractivity contribution in [2.45, 2.75) is 13.8 Å². The van der Waals surface area contributed by atoms with E-state index >= 15 is 0 Å². The largest absolute Gasteiger partial charge is 0.337 e. The molecule has 0 N–H and O–H groups in total. The van der Waals surface area contributed by atoms with Gasteiger partial charge in [0.25, 0.3) is 0 Å². The lowest BCUT2D eigenvalue weighted by Gasteiger charge is -2.04. The molecule has 0 radical (unpaired) electrons. The van der Waals surface area contributed by atoms with Crippen LogP contribution in [0.1, 0.15) is 11.1 Å². The van der Waals surface area contributed by atoms with Gasteiger partial charge in [0.1, 0.15) is 5.52 Å². The van der Waals surface area contributed by atoms with E-state index in [1.165, 1.54) is 10.8 Å². The molecule has 1 aromatic heterocycles. The summed E-state index contributed by atoms with van der Waals surface area (Å²) < 4.78 is 5.18. The molecule has 1 heterocycles. The molecule has 0 fully saturated rings. The van der Waals surface area contributed by atoms with Gasteiger partial charge in [0.2, 0.25) is 0 Å². The molecule has 0 bridgehead atoms. The summed E-state index contributed by atoms with van der Waals surface area (Å²) in [4.78, 5) is 0. The van der Waals surface area contributed by atoms with Crippen molar-refractivity contribution in [3.63, 3.8) is 0 Å². The summed E-state index contributed by atoms with van der Waals surface area (Å²) in [6.07, 6.45) is 0. The van der Waals surface area contributed by atoms with Crippen LogP contribution in [-0.4, -0.2) is 10.4 Å². The molecule has 0 aliphatic rings. The highest BCUT2D eigenvalue weighted by Gasteiger charge is 2.12. The minimum Gasteiger partial charge on any atom is -0.337 e. The molecule has 3 nitrogen and oxygen atoms in total. The summed E-state index contributed by atoms with van der Waals surface area (Å²) in [5.41, 5.74) is 3.90. The van der Waals surface area contributed by atoms with Gasteiger partial charge < -0.3 is 4.52 Å². The first kappa shape index (κ1) is 8.41. The third-order valence-electron chi connectivity index (χ3n) is 2.92. The van der Waals surface area contributed by atoms with Gasteiger partial charge in [0, 0.05) is 10.8 Å². The number of rotatable bonds is 0. The van der Waals surface area contributed by atoms with Crippen LogP contribution in [0.2, 0.25) is 0 Å². The Bertz CT molecular complexity index is 600. The van der Waals surface area contributed by atoms with Crippen molar-refractivity contribution in [3.05, 3.63) is 35.4 Å². The average Bonchev–Trinajstić information content (AvgIpc) is 2.75. The molecule has 2 aromatic carbocycles. The van der Waals surface area contributed by atoms with E-state index in [-0.39, 0.29) is 0 Å². The molecule has 74 valence electrons. The molecule has 0 saturated heterocycles. The normalized spacial score (nSPS) is 11.3. The Morgan fingerprint density at radius 2 is 1.67 bits per heavy atom. The van der Waals surface area contributed by atoms with E-state index in [2.05, 4.69) is 22.5 Å². The lowest BCUT2D eigenvalue weighted by molar-refractivity contribution is 0.423. The Kier molecular flexibility index (Phi) is 1.57. The number of benzene rings is 2. The molecule has 0 aliphatic carbocycles. The van der Waals surface area contributed by atoms with E-state index in [1.54, 1.807) is 0 Å². The van der Waals surface area contributed by atoms with E-state index in [0.29, 0.717) is 0 Å². The minimum absolute atomic E-state index is 0.797. The fourth-order valence-corrected chi connectivity index (χ4v) is 2.07. The van der Waals surface area contributed by atoms with Crippen LogP contribution in [0.5, 0.6) is 0 Å². The molecule has 3 heteroatoms. The maximum Gasteiger partial charge on any atom is 0.191 e. The molecular weight excluding hydrogens is 188 g/mol. The second-order valence-electron chi connectivity index (χ2n) is 3.75. The molecule has 15 heavy (non-hydrogen) atoms. The Hall–Kier alpha value is -1.90. The summed E-state index contributed by atoms with van der Waals surface area (Å²) in [7, 11) is 0. The predicted octanol–water partition coefficient (Wildman–Crippen LogP) is 2.99. The van der Waals surface area contributed by atoms with E-state index in [0.717, 1.165) is 22.2 Å². The van der Waals surface area contributed by atoms with Gasteiger partial charge in [0.05, 0.1) is 0 Å². The van der Waals surface area contributed by atoms with Crippen molar-refractivity contribution < 1.29 is 4.52 Å². The van der Waals surface area contributed by atoms with Crippen molar-refractivity contribution in [3.8, 4) is 0 Å². The topological polar surface area (TPSA) is 38.9 Å². The molecule has 0 spiro atoms. The number of aromatic nitrogens is 2. The zero-order chi connectivity index (χ0) is 10.4. The van der Waals surface area contributed by atoms with E-state index < -0.39 is 0 Å². The minimum atomic E-state index is 0.797. The van der Waals surface area contributed by atoms with Crippen molar-refractivity contribution >= 4 is 21.9 Å². The van der Waals surface area contributed by atoms with Crippen molar-refractivity contribution in [2.75, 3.05) is 0 Å². The second-order valence-corrected chi connectivity index (χ2v) is 3.75. The summed E-state index contributed by atoms with van der Waals surface area (Å²) >= 11 is 0. The van der Waals surface area contributed by atoms with Gasteiger partial charge in [-0.3, -0.25) is 0 Å². The van der Waals surface area contributed by atoms with Gasteiger partial charge in [0.15, 0.2) is 5.58 Å². The average molecular weight is 198 g/mol. The first-order valence-electron chi connectivity index (χ1n) is 4.89. The van der Waals surface area contributed by atoms with Gasteiger partial charge in [-0.25, -0.2) is 0 Å². The SMILES string of the molecule is Cc1c2ccccc2c(C)c2onnc12. The summed E-state index contributed by atoms with van der Waals surface area (Å²) in [6.45, 7) is 4.09. The molecular formula is C12H10N2O. The lowest BCUT2D eigenvalue weighted by atomic mass is 9.99. The van der Waals surface area contributed by atoms with Crippen LogP contribution in [0.15, 0.2) is 28.8 Å². The molecule has 0 amide bonds. The van der Waals surface area contributed by atoms with Crippen LogP contribution in [-0.2, 0) is 0 Å². The Labute approximate surface area is 86.7 Å². The molecule has 0 unspecified atom stereocenters. The number of hydrogen-bond donors (Lipinski definition) is 0. The first-order valence-corrected chi connectivity index (χ1v) is 4.89. The second kappa shape index (κ2) is 2.79. The summed E-state index contributed by atoms with van der Waals surface area (Å²) in [5.74, 6) is 0. The highest BCUT2D eigenvalue weighted by atomic mass is 16.5. The fourth-order valence-electron chi connectivity index (χ4n) is 2.07. The third kappa shape index (κ3) is 1.00. The Morgan fingerprint density at radius 1 is 1.00 bits per heavy atom. The molecule has 3 aromatic rings. The quantitative estimate of drug-likeness (QED) is 0.557. The number of fused-ring (bicyclic) bond motifs is 2. The van der Waals surface area contributed by atoms with Gasteiger partial charge in [-0.1, -0.05) is 24.3 Å². The lowest BCUT2D eigenvalue weighted by Crippen LogP contribution is -1.85. The fraction of sp³-hybridized carbons (Fsp3) is 0.167. The Morgan fingerprint density at radius 3 is 2.40 bits per heavy atom. The van der Waals surface area contributed by atoms with E-state index in [4.69, 9.17) is 4.52 Å². The van der Waals surface area contributed by atoms with Gasteiger partial charge >= 0.3 is 0 Å². The van der Waals surface area contributed by atoms with Crippen molar-refractivity contribution in [1.29, 1.82) is 0 Å². The van der Waals surface area contributed by atoms with E-state index in [1.807, 2.05) is 26.0 Å². The monoisotopic (exact) mass is 198 g/mol. The van der Waals surface area contributed by atoms with Gasteiger partial charge in [-0.15, -0.1) is 5.10 Å². The van der Waals surface area contributed by atoms with Crippen LogP contribution >= 0.6 is 0 Å². The van der Waals surface area contributed by atoms with Crippen molar-refractivity contribution in [1.82, 2.24) is 10.4 Å². The number of hydrogen-bond acceptors (Lipinski definition) is 3. The van der Waals surface area contributed by atoms with Crippen molar-refractivity contribution in [2.24, 2.45) is 0 Å². The van der Waals surface area contributed by atoms with Gasteiger partial charge in [-0.2, -0.15) is 0 Å². The zero-order valence-corrected chi connectivity index (χ0v) is 8.61. The van der Waals surface area contributed by atoms with Crippen LogP contribution in [0.25, 0.3) is 21.9 Å². The number of nitrogens with zero attached hydrogens (tertiary/aromatic N) is 2. The zero-order valence-electron chi connectivity index (χ0n) is 8.61. The third-order valence-corrected chi connectivity index (χ3v) is 2.92. The Balaban J connectivity index is 2.69. The van der Waals surface area contributed by atoms with E-state index in [9.17, 15) is 0 Å². The van der Waals surface area contributed by atoms with Crippen LogP contribution in [0.3, 0.4) is 0 Å². The number of aryl methyl sites for hydroxylation is 2. The first-order chi connectivity index (χ1) is 7.29. The van der Waals surface area contributed by atoms with Crippen LogP contribution in [0.4, 0.5) is 0 Å². The summed E-state index contributed by atoms with van der Waals surface area (Å²) in [5, 5.41) is 10.1. The maximum absolute atomic E-state index is 5.18. The summed E-state index contributed by atoms with van der Waals surface area (Å²) in [6, 6.07) is 8.27. The maximum atomic E-state index is 5.18. The predicted molar refractivity (Wildman–Crippen MR) is 58.8 cm³/mol. The standard InChI is InChI=1S/C12H10N2O/c1-7-9-5-3-4-6-10(9)8(2)12-11(7)13-14-15-12/h3-6H,1-2H3. The highest BCUT2D eigenvalue weighted by molar-refractivity contribution is 6.01. The smallest absolute Gasteiger partial charge is 0.191 e. The van der Waals surface area contributed by atoms with Crippen LogP contribution < -0.4 is 0 Å². The molecule has 0 aliphatic heterocycles. The molecule has 0 saturated carbocycles. The molecule has 3 rings (SSSR count). The van der Waals surface area contributed by atoms with Gasteiger partial charge in [-0.05, 0) is 30.2 Å². The highest BCUT2D eigenvalue weighted by Crippen LogP contribution is 2.30. The van der Waals surface area contributed by atoms with Crippen LogP contribution in [0, 0.1) is 13.8 Å². The molecule has 0 atom stereocenters.